The lowest BCUT2D eigenvalue weighted by molar-refractivity contribution is -0.402. The minimum atomic E-state index is -1.34. The van der Waals surface area contributed by atoms with E-state index in [9.17, 15) is 24.8 Å². The van der Waals surface area contributed by atoms with Crippen LogP contribution in [-0.4, -0.2) is 31.3 Å². The molecule has 2 N–H and O–H groups in total. The molecule has 0 bridgehead atoms. The molecule has 1 aliphatic heterocycles. The lowest BCUT2D eigenvalue weighted by Crippen LogP contribution is -2.27. The summed E-state index contributed by atoms with van der Waals surface area (Å²) in [4.78, 5) is 35.1. The number of amides is 1. The van der Waals surface area contributed by atoms with Crippen LogP contribution in [0.25, 0.3) is 6.08 Å². The summed E-state index contributed by atoms with van der Waals surface area (Å²) in [6, 6.07) is 6.34. The molecule has 2 aromatic rings. The Morgan fingerprint density at radius 2 is 2.07 bits per heavy atom. The van der Waals surface area contributed by atoms with E-state index >= 15 is 0 Å². The normalized spacial score (nSPS) is 15.7. The van der Waals surface area contributed by atoms with E-state index in [1.807, 2.05) is 0 Å². The summed E-state index contributed by atoms with van der Waals surface area (Å²) < 4.78 is 5.17. The van der Waals surface area contributed by atoms with Crippen molar-refractivity contribution in [3.63, 3.8) is 0 Å². The maximum Gasteiger partial charge on any atom is 0.433 e. The van der Waals surface area contributed by atoms with Crippen LogP contribution >= 0.6 is 24.0 Å². The maximum absolute atomic E-state index is 12.6. The number of aromatic hydroxyl groups is 1. The third-order valence-electron chi connectivity index (χ3n) is 3.56. The number of thioether (sulfide) groups is 1. The average Bonchev–Trinajstić information content (AvgIpc) is 3.21. The summed E-state index contributed by atoms with van der Waals surface area (Å²) in [5.41, 5.74) is -0.137. The van der Waals surface area contributed by atoms with E-state index in [1.165, 1.54) is 42.5 Å². The minimum Gasteiger partial charge on any atom is -0.507 e. The first-order valence-electron chi connectivity index (χ1n) is 7.53. The van der Waals surface area contributed by atoms with Crippen LogP contribution in [0.4, 0.5) is 11.6 Å². The van der Waals surface area contributed by atoms with Gasteiger partial charge in [0.05, 0.1) is 16.7 Å². The number of carbonyl (C=O) groups excluding carboxylic acids is 1. The number of hydrogen-bond donors (Lipinski definition) is 2. The van der Waals surface area contributed by atoms with Crippen molar-refractivity contribution in [2.45, 2.75) is 0 Å². The van der Waals surface area contributed by atoms with Gasteiger partial charge in [-0.25, -0.2) is 4.79 Å². The number of nitrogens with zero attached hydrogens (tertiary/aromatic N) is 2. The first kappa shape index (κ1) is 19.3. The average molecular weight is 418 g/mol. The van der Waals surface area contributed by atoms with Gasteiger partial charge in [0, 0.05) is 0 Å². The zero-order chi connectivity index (χ0) is 20.4. The minimum absolute atomic E-state index is 0.195. The first-order valence-corrected chi connectivity index (χ1v) is 8.75. The Hall–Kier alpha value is -3.44. The molecule has 0 aliphatic carbocycles. The number of carbonyl (C=O) groups is 2. The van der Waals surface area contributed by atoms with Gasteiger partial charge >= 0.3 is 11.9 Å². The lowest BCUT2D eigenvalue weighted by atomic mass is 10.1. The Kier molecular flexibility index (Phi) is 5.29. The Morgan fingerprint density at radius 3 is 2.71 bits per heavy atom. The van der Waals surface area contributed by atoms with Crippen molar-refractivity contribution >= 4 is 57.8 Å². The molecule has 3 rings (SSSR count). The predicted octanol–water partition coefficient (Wildman–Crippen LogP) is 3.55. The van der Waals surface area contributed by atoms with Gasteiger partial charge in [0.15, 0.2) is 4.32 Å². The van der Waals surface area contributed by atoms with Crippen LogP contribution in [0.5, 0.6) is 5.75 Å². The molecular formula is C17H10N2O7S2. The molecule has 1 amide bonds. The molecule has 2 heterocycles. The van der Waals surface area contributed by atoms with Crippen LogP contribution in [0.2, 0.25) is 0 Å². The van der Waals surface area contributed by atoms with Gasteiger partial charge in [-0.05, 0) is 36.4 Å². The van der Waals surface area contributed by atoms with Crippen molar-refractivity contribution < 1.29 is 29.1 Å². The fourth-order valence-corrected chi connectivity index (χ4v) is 3.55. The van der Waals surface area contributed by atoms with Crippen molar-refractivity contribution in [3.05, 3.63) is 68.8 Å². The highest BCUT2D eigenvalue weighted by Crippen LogP contribution is 2.36. The number of furan rings is 1. The lowest BCUT2D eigenvalue weighted by Gasteiger charge is -2.15. The van der Waals surface area contributed by atoms with Crippen molar-refractivity contribution in [3.8, 4) is 5.75 Å². The molecule has 1 aromatic carbocycles. The number of hydrogen-bond acceptors (Lipinski definition) is 8. The molecule has 1 fully saturated rings. The number of carboxylic acid groups (broad SMARTS) is 1. The second-order valence-electron chi connectivity index (χ2n) is 5.34. The molecule has 1 aliphatic rings. The topological polar surface area (TPSA) is 134 Å². The quantitative estimate of drug-likeness (QED) is 0.323. The summed E-state index contributed by atoms with van der Waals surface area (Å²) in [6.45, 7) is 0. The Balaban J connectivity index is 1.82. The number of rotatable bonds is 5. The van der Waals surface area contributed by atoms with Gasteiger partial charge in [0.25, 0.3) is 5.91 Å². The summed E-state index contributed by atoms with van der Waals surface area (Å²) in [5, 5.41) is 29.3. The molecule has 0 atom stereocenters. The van der Waals surface area contributed by atoms with E-state index < -0.39 is 28.4 Å². The van der Waals surface area contributed by atoms with Crippen molar-refractivity contribution in [2.75, 3.05) is 4.90 Å². The highest BCUT2D eigenvalue weighted by atomic mass is 32.2. The molecule has 0 unspecified atom stereocenters. The van der Waals surface area contributed by atoms with Crippen molar-refractivity contribution in [2.24, 2.45) is 0 Å². The number of phenols is 1. The predicted molar refractivity (Wildman–Crippen MR) is 105 cm³/mol. The number of carboxylic acids is 1. The highest BCUT2D eigenvalue weighted by molar-refractivity contribution is 8.27. The third-order valence-corrected chi connectivity index (χ3v) is 4.88. The molecule has 11 heteroatoms. The van der Waals surface area contributed by atoms with E-state index in [2.05, 4.69) is 0 Å². The number of allylic oxidation sites excluding steroid dienone is 2. The van der Waals surface area contributed by atoms with Gasteiger partial charge in [0.1, 0.15) is 22.0 Å². The van der Waals surface area contributed by atoms with E-state index in [0.29, 0.717) is 0 Å². The second-order valence-corrected chi connectivity index (χ2v) is 7.01. The van der Waals surface area contributed by atoms with Crippen LogP contribution in [0.3, 0.4) is 0 Å². The van der Waals surface area contributed by atoms with Crippen LogP contribution in [-0.2, 0) is 4.79 Å². The van der Waals surface area contributed by atoms with E-state index in [4.69, 9.17) is 21.7 Å². The largest absolute Gasteiger partial charge is 0.507 e. The molecule has 28 heavy (non-hydrogen) atoms. The van der Waals surface area contributed by atoms with E-state index in [1.54, 1.807) is 0 Å². The second kappa shape index (κ2) is 7.66. The van der Waals surface area contributed by atoms with Crippen molar-refractivity contribution in [1.82, 2.24) is 0 Å². The van der Waals surface area contributed by atoms with Gasteiger partial charge in [0.2, 0.25) is 0 Å². The molecule has 9 nitrogen and oxygen atoms in total. The maximum atomic E-state index is 12.6. The molecule has 1 saturated heterocycles. The fourth-order valence-electron chi connectivity index (χ4n) is 2.30. The standard InChI is InChI=1S/C17H10N2O7S2/c20-12-6-4-9(8-11(12)16(22)23)18-15(21)13(28-17(18)27)3-1-2-10-5-7-14(26-10)19(24)25/h1-8,20H,(H,22,23)/b2-1+,13-3-. The van der Waals surface area contributed by atoms with Crippen LogP contribution < -0.4 is 4.90 Å². The zero-order valence-electron chi connectivity index (χ0n) is 13.8. The Morgan fingerprint density at radius 1 is 1.32 bits per heavy atom. The monoisotopic (exact) mass is 418 g/mol. The highest BCUT2D eigenvalue weighted by Gasteiger charge is 2.33. The molecule has 0 saturated carbocycles. The molecule has 0 spiro atoms. The van der Waals surface area contributed by atoms with Crippen LogP contribution in [0, 0.1) is 10.1 Å². The van der Waals surface area contributed by atoms with Crippen molar-refractivity contribution in [1.29, 1.82) is 0 Å². The zero-order valence-corrected chi connectivity index (χ0v) is 15.4. The van der Waals surface area contributed by atoms with Gasteiger partial charge in [-0.2, -0.15) is 0 Å². The number of aromatic carboxylic acids is 1. The third kappa shape index (κ3) is 3.80. The number of thiocarbonyl (C=S) groups is 1. The summed E-state index contributed by atoms with van der Waals surface area (Å²) >= 11 is 6.20. The summed E-state index contributed by atoms with van der Waals surface area (Å²) in [6.07, 6.45) is 4.39. The van der Waals surface area contributed by atoms with Gasteiger partial charge < -0.3 is 14.6 Å². The Bertz CT molecular complexity index is 1070. The molecule has 0 radical (unpaired) electrons. The molecule has 142 valence electrons. The summed E-state index contributed by atoms with van der Waals surface area (Å²) in [5.74, 6) is -2.38. The molecular weight excluding hydrogens is 408 g/mol. The van der Waals surface area contributed by atoms with Gasteiger partial charge in [-0.3, -0.25) is 19.8 Å². The van der Waals surface area contributed by atoms with E-state index in [0.717, 1.165) is 22.7 Å². The fraction of sp³-hybridized carbons (Fsp3) is 0. The number of anilines is 1. The smallest absolute Gasteiger partial charge is 0.433 e. The van der Waals surface area contributed by atoms with Crippen LogP contribution in [0.1, 0.15) is 16.1 Å². The molecule has 1 aromatic heterocycles. The van der Waals surface area contributed by atoms with E-state index in [-0.39, 0.29) is 26.2 Å². The first-order chi connectivity index (χ1) is 13.3. The number of nitro groups is 1. The van der Waals surface area contributed by atoms with Gasteiger partial charge in [-0.1, -0.05) is 30.1 Å². The summed E-state index contributed by atoms with van der Waals surface area (Å²) in [7, 11) is 0. The number of benzene rings is 1. The van der Waals surface area contributed by atoms with Gasteiger partial charge in [-0.15, -0.1) is 0 Å². The Labute approximate surface area is 166 Å². The van der Waals surface area contributed by atoms with Crippen LogP contribution in [0.15, 0.2) is 51.8 Å². The SMILES string of the molecule is O=C(O)c1cc(N2C(=O)/C(=C/C=C/c3ccc([N+](=O)[O-])o3)SC2=S)ccc1O.